The van der Waals surface area contributed by atoms with Gasteiger partial charge in [0.15, 0.2) is 0 Å². The van der Waals surface area contributed by atoms with E-state index in [1.165, 1.54) is 33.6 Å². The standard InChI is InChI=1S/C34H29N3O/c1-24-9-13-30(14-10-24)37-17-5-8-26-18-25(12-16-33(26)37)11-15-31-19-29(32(23-35)36-2)22-34(38-31)20-27-6-3-4-7-28(27)21-34/h3-4,6-7,9-16,18-19H,5,8,17,20-22H2,1H3. The fraction of sp³-hybridized carbons (Fsp3) is 0.235. The van der Waals surface area contributed by atoms with Crippen molar-refractivity contribution in [2.24, 2.45) is 0 Å². The average Bonchev–Trinajstić information content (AvgIpc) is 3.29. The van der Waals surface area contributed by atoms with Crippen molar-refractivity contribution in [2.75, 3.05) is 11.4 Å². The molecule has 0 saturated heterocycles. The van der Waals surface area contributed by atoms with Gasteiger partial charge in [-0.25, -0.2) is 10.1 Å². The Bertz CT molecular complexity index is 1540. The fourth-order valence-electron chi connectivity index (χ4n) is 6.04. The summed E-state index contributed by atoms with van der Waals surface area (Å²) in [6.07, 6.45) is 10.3. The maximum Gasteiger partial charge on any atom is 0.265 e. The van der Waals surface area contributed by atoms with Crippen molar-refractivity contribution in [3.8, 4) is 6.07 Å². The van der Waals surface area contributed by atoms with Crippen LogP contribution < -0.4 is 4.90 Å². The summed E-state index contributed by atoms with van der Waals surface area (Å²) in [6, 6.07) is 25.9. The van der Waals surface area contributed by atoms with Crippen LogP contribution in [0.1, 0.15) is 40.7 Å². The van der Waals surface area contributed by atoms with E-state index >= 15 is 0 Å². The summed E-state index contributed by atoms with van der Waals surface area (Å²) in [5, 5.41) is 9.59. The molecule has 0 atom stereocenters. The van der Waals surface area contributed by atoms with Crippen LogP contribution >= 0.6 is 0 Å². The molecule has 0 bridgehead atoms. The number of benzene rings is 3. The molecule has 0 N–H and O–H groups in total. The Hall–Kier alpha value is -4.54. The van der Waals surface area contributed by atoms with E-state index in [0.717, 1.165) is 43.4 Å². The summed E-state index contributed by atoms with van der Waals surface area (Å²) in [7, 11) is 0. The highest BCUT2D eigenvalue weighted by atomic mass is 16.5. The predicted molar refractivity (Wildman–Crippen MR) is 152 cm³/mol. The number of anilines is 2. The second-order valence-corrected chi connectivity index (χ2v) is 10.5. The van der Waals surface area contributed by atoms with Crippen molar-refractivity contribution >= 4 is 17.5 Å². The minimum atomic E-state index is -0.454. The number of hydrogen-bond donors (Lipinski definition) is 0. The number of hydrogen-bond acceptors (Lipinski definition) is 3. The monoisotopic (exact) mass is 495 g/mol. The molecule has 0 aromatic heterocycles. The van der Waals surface area contributed by atoms with Gasteiger partial charge in [0.1, 0.15) is 11.4 Å². The highest BCUT2D eigenvalue weighted by Gasteiger charge is 2.42. The Morgan fingerprint density at radius 3 is 2.47 bits per heavy atom. The summed E-state index contributed by atoms with van der Waals surface area (Å²) in [4.78, 5) is 5.92. The molecule has 6 rings (SSSR count). The van der Waals surface area contributed by atoms with Crippen LogP contribution in [0.5, 0.6) is 0 Å². The molecule has 1 aliphatic carbocycles. The van der Waals surface area contributed by atoms with Gasteiger partial charge in [-0.2, -0.15) is 0 Å². The third kappa shape index (κ3) is 4.51. The summed E-state index contributed by atoms with van der Waals surface area (Å²) in [6.45, 7) is 10.7. The van der Waals surface area contributed by atoms with Gasteiger partial charge in [-0.1, -0.05) is 54.1 Å². The first-order valence-corrected chi connectivity index (χ1v) is 13.2. The van der Waals surface area contributed by atoms with E-state index in [-0.39, 0.29) is 5.70 Å². The molecule has 0 radical (unpaired) electrons. The van der Waals surface area contributed by atoms with E-state index in [2.05, 4.69) is 95.5 Å². The third-order valence-electron chi connectivity index (χ3n) is 7.84. The van der Waals surface area contributed by atoms with Crippen molar-refractivity contribution in [3.63, 3.8) is 0 Å². The molecule has 3 aromatic rings. The topological polar surface area (TPSA) is 40.6 Å². The van der Waals surface area contributed by atoms with Gasteiger partial charge in [0.2, 0.25) is 0 Å². The molecular weight excluding hydrogens is 466 g/mol. The van der Waals surface area contributed by atoms with Crippen LogP contribution in [-0.2, 0) is 24.0 Å². The van der Waals surface area contributed by atoms with Crippen molar-refractivity contribution in [1.29, 1.82) is 5.26 Å². The zero-order chi connectivity index (χ0) is 26.1. The van der Waals surface area contributed by atoms with Gasteiger partial charge in [0.25, 0.3) is 5.70 Å². The van der Waals surface area contributed by atoms with E-state index in [1.807, 2.05) is 12.2 Å². The van der Waals surface area contributed by atoms with E-state index in [0.29, 0.717) is 12.2 Å². The molecule has 2 aliphatic heterocycles. The molecule has 4 heteroatoms. The van der Waals surface area contributed by atoms with Crippen LogP contribution in [0.25, 0.3) is 10.9 Å². The van der Waals surface area contributed by atoms with Crippen molar-refractivity contribution in [3.05, 3.63) is 135 Å². The van der Waals surface area contributed by atoms with Gasteiger partial charge >= 0.3 is 0 Å². The normalized spacial score (nSPS) is 18.7. The molecular formula is C34H29N3O. The quantitative estimate of drug-likeness (QED) is 0.277. The minimum absolute atomic E-state index is 0.152. The molecule has 0 saturated carbocycles. The maximum atomic E-state index is 9.59. The summed E-state index contributed by atoms with van der Waals surface area (Å²) < 4.78 is 6.63. The van der Waals surface area contributed by atoms with E-state index < -0.39 is 5.60 Å². The summed E-state index contributed by atoms with van der Waals surface area (Å²) >= 11 is 0. The summed E-state index contributed by atoms with van der Waals surface area (Å²) in [5.41, 5.74) is 9.27. The number of aryl methyl sites for hydroxylation is 2. The first-order valence-electron chi connectivity index (χ1n) is 13.2. The second kappa shape index (κ2) is 9.73. The Balaban J connectivity index is 1.29. The zero-order valence-electron chi connectivity index (χ0n) is 21.6. The van der Waals surface area contributed by atoms with Gasteiger partial charge in [0.05, 0.1) is 12.6 Å². The average molecular weight is 496 g/mol. The van der Waals surface area contributed by atoms with E-state index in [4.69, 9.17) is 11.3 Å². The number of nitrogens with zero attached hydrogens (tertiary/aromatic N) is 3. The molecule has 186 valence electrons. The second-order valence-electron chi connectivity index (χ2n) is 10.5. The van der Waals surface area contributed by atoms with Crippen LogP contribution in [-0.4, -0.2) is 12.1 Å². The van der Waals surface area contributed by atoms with Crippen molar-refractivity contribution in [1.82, 2.24) is 0 Å². The minimum Gasteiger partial charge on any atom is -0.486 e. The molecule has 3 aromatic carbocycles. The Morgan fingerprint density at radius 1 is 1.00 bits per heavy atom. The lowest BCUT2D eigenvalue weighted by molar-refractivity contribution is 0.0108. The van der Waals surface area contributed by atoms with Gasteiger partial charge in [-0.05, 0) is 84.0 Å². The molecule has 2 heterocycles. The highest BCUT2D eigenvalue weighted by molar-refractivity contribution is 5.70. The first kappa shape index (κ1) is 23.8. The first-order chi connectivity index (χ1) is 18.6. The van der Waals surface area contributed by atoms with Gasteiger partial charge < -0.3 is 9.64 Å². The zero-order valence-corrected chi connectivity index (χ0v) is 21.6. The molecule has 1 spiro atoms. The number of ether oxygens (including phenoxy) is 1. The van der Waals surface area contributed by atoms with Crippen LogP contribution in [0.15, 0.2) is 95.9 Å². The fourth-order valence-corrected chi connectivity index (χ4v) is 6.04. The predicted octanol–water partition coefficient (Wildman–Crippen LogP) is 7.63. The largest absolute Gasteiger partial charge is 0.486 e. The number of allylic oxidation sites excluding steroid dienone is 3. The number of fused-ring (bicyclic) bond motifs is 2. The van der Waals surface area contributed by atoms with Crippen molar-refractivity contribution in [2.45, 2.75) is 44.6 Å². The van der Waals surface area contributed by atoms with Gasteiger partial charge in [-0.15, -0.1) is 0 Å². The third-order valence-corrected chi connectivity index (χ3v) is 7.84. The van der Waals surface area contributed by atoms with E-state index in [1.54, 1.807) is 0 Å². The molecule has 38 heavy (non-hydrogen) atoms. The Morgan fingerprint density at radius 2 is 1.76 bits per heavy atom. The SMILES string of the molecule is [C-]#[N+]C(C#N)=C1C=C(C=Cc2ccc3c(c2)CCCN3c2ccc(C)cc2)OC2(C1)Cc1ccccc1C2. The lowest BCUT2D eigenvalue weighted by atomic mass is 9.87. The molecule has 0 amide bonds. The molecule has 0 unspecified atom stereocenters. The van der Waals surface area contributed by atoms with E-state index in [9.17, 15) is 5.26 Å². The molecule has 3 aliphatic rings. The number of rotatable bonds is 3. The van der Waals surface area contributed by atoms with Gasteiger partial charge in [0, 0.05) is 37.2 Å². The summed E-state index contributed by atoms with van der Waals surface area (Å²) in [5.74, 6) is 0.703. The molecule has 0 fully saturated rings. The molecule has 4 nitrogen and oxygen atoms in total. The van der Waals surface area contributed by atoms with Crippen LogP contribution in [0.2, 0.25) is 0 Å². The maximum absolute atomic E-state index is 9.59. The van der Waals surface area contributed by atoms with Crippen molar-refractivity contribution < 1.29 is 4.74 Å². The smallest absolute Gasteiger partial charge is 0.265 e. The van der Waals surface area contributed by atoms with Crippen LogP contribution in [0, 0.1) is 24.8 Å². The van der Waals surface area contributed by atoms with Gasteiger partial charge in [-0.3, -0.25) is 0 Å². The number of nitriles is 1. The Kier molecular flexibility index (Phi) is 6.10. The lowest BCUT2D eigenvalue weighted by Crippen LogP contribution is -2.36. The van der Waals surface area contributed by atoms with Crippen LogP contribution in [0.4, 0.5) is 11.4 Å². The lowest BCUT2D eigenvalue weighted by Gasteiger charge is -2.35. The van der Waals surface area contributed by atoms with Crippen LogP contribution in [0.3, 0.4) is 0 Å². The Labute approximate surface area is 224 Å². The highest BCUT2D eigenvalue weighted by Crippen LogP contribution is 2.43.